The van der Waals surface area contributed by atoms with Crippen molar-refractivity contribution in [3.63, 3.8) is 0 Å². The molecule has 0 radical (unpaired) electrons. The van der Waals surface area contributed by atoms with Gasteiger partial charge in [0.05, 0.1) is 6.04 Å². The number of hydrogen-bond acceptors (Lipinski definition) is 3. The van der Waals surface area contributed by atoms with Gasteiger partial charge >= 0.3 is 0 Å². The first-order valence-electron chi connectivity index (χ1n) is 9.22. The van der Waals surface area contributed by atoms with Crippen LogP contribution in [0.5, 0.6) is 0 Å². The van der Waals surface area contributed by atoms with Gasteiger partial charge in [0.25, 0.3) is 0 Å². The highest BCUT2D eigenvalue weighted by molar-refractivity contribution is 5.81. The maximum absolute atomic E-state index is 12.1. The first-order valence-corrected chi connectivity index (χ1v) is 9.22. The molecule has 2 rings (SSSR count). The summed E-state index contributed by atoms with van der Waals surface area (Å²) in [6, 6.07) is 9.15. The zero-order chi connectivity index (χ0) is 17.7. The molecule has 4 heteroatoms. The van der Waals surface area contributed by atoms with Crippen LogP contribution >= 0.6 is 0 Å². The number of amides is 1. The van der Waals surface area contributed by atoms with Crippen LogP contribution in [0, 0.1) is 0 Å². The Labute approximate surface area is 147 Å². The third-order valence-corrected chi connectivity index (χ3v) is 4.82. The molecule has 0 aliphatic carbocycles. The summed E-state index contributed by atoms with van der Waals surface area (Å²) in [5.41, 5.74) is 2.77. The highest BCUT2D eigenvalue weighted by Gasteiger charge is 2.25. The maximum atomic E-state index is 12.1. The van der Waals surface area contributed by atoms with Crippen molar-refractivity contribution in [1.29, 1.82) is 0 Å². The number of benzene rings is 1. The largest absolute Gasteiger partial charge is 0.353 e. The van der Waals surface area contributed by atoms with Crippen LogP contribution in [0.15, 0.2) is 24.3 Å². The Morgan fingerprint density at radius 1 is 1.00 bits per heavy atom. The van der Waals surface area contributed by atoms with E-state index in [1.54, 1.807) is 0 Å². The van der Waals surface area contributed by atoms with Crippen LogP contribution in [-0.4, -0.2) is 54.0 Å². The lowest BCUT2D eigenvalue weighted by atomic mass is 10.0. The third-order valence-electron chi connectivity index (χ3n) is 4.82. The summed E-state index contributed by atoms with van der Waals surface area (Å²) in [4.78, 5) is 16.9. The van der Waals surface area contributed by atoms with Crippen LogP contribution in [0.1, 0.15) is 51.7 Å². The molecule has 1 saturated heterocycles. The second-order valence-electron chi connectivity index (χ2n) is 7.55. The number of rotatable bonds is 6. The van der Waals surface area contributed by atoms with Crippen molar-refractivity contribution in [2.45, 2.75) is 59.2 Å². The highest BCUT2D eigenvalue weighted by atomic mass is 16.2. The lowest BCUT2D eigenvalue weighted by molar-refractivity contribution is -0.127. The minimum atomic E-state index is -0.0418. The molecule has 1 amide bonds. The predicted molar refractivity (Wildman–Crippen MR) is 100 cm³/mol. The van der Waals surface area contributed by atoms with E-state index in [4.69, 9.17) is 0 Å². The van der Waals surface area contributed by atoms with Gasteiger partial charge in [0.1, 0.15) is 0 Å². The van der Waals surface area contributed by atoms with Crippen LogP contribution < -0.4 is 5.32 Å². The van der Waals surface area contributed by atoms with E-state index >= 15 is 0 Å². The monoisotopic (exact) mass is 331 g/mol. The lowest BCUT2D eigenvalue weighted by Gasteiger charge is -2.37. The van der Waals surface area contributed by atoms with Gasteiger partial charge in [-0.3, -0.25) is 14.6 Å². The molecule has 1 aliphatic heterocycles. The number of nitrogens with zero attached hydrogens (tertiary/aromatic N) is 2. The van der Waals surface area contributed by atoms with Crippen molar-refractivity contribution in [2.24, 2.45) is 0 Å². The molecule has 24 heavy (non-hydrogen) atoms. The molecule has 1 aromatic rings. The van der Waals surface area contributed by atoms with Crippen molar-refractivity contribution < 1.29 is 4.79 Å². The first kappa shape index (κ1) is 18.9. The van der Waals surface area contributed by atoms with Gasteiger partial charge in [0.2, 0.25) is 5.91 Å². The Bertz CT molecular complexity index is 516. The molecule has 134 valence electrons. The minimum absolute atomic E-state index is 0.0418. The summed E-state index contributed by atoms with van der Waals surface area (Å²) in [6.45, 7) is 15.4. The Morgan fingerprint density at radius 2 is 1.58 bits per heavy atom. The van der Waals surface area contributed by atoms with E-state index in [9.17, 15) is 4.79 Å². The summed E-state index contributed by atoms with van der Waals surface area (Å²) in [5.74, 6) is 0.726. The van der Waals surface area contributed by atoms with Crippen molar-refractivity contribution >= 4 is 5.91 Å². The first-order chi connectivity index (χ1) is 11.4. The number of hydrogen-bond donors (Lipinski definition) is 1. The molecular formula is C20H33N3O. The Balaban J connectivity index is 1.81. The lowest BCUT2D eigenvalue weighted by Crippen LogP contribution is -2.54. The summed E-state index contributed by atoms with van der Waals surface area (Å²) in [7, 11) is 0. The van der Waals surface area contributed by atoms with Gasteiger partial charge in [-0.05, 0) is 37.8 Å². The number of carbonyl (C=O) groups excluding carboxylic acids is 1. The maximum Gasteiger partial charge on any atom is 0.237 e. The van der Waals surface area contributed by atoms with Crippen LogP contribution in [0.2, 0.25) is 0 Å². The molecular weight excluding hydrogens is 298 g/mol. The SMILES string of the molecule is CC(C)NC(=O)C(C)N1CCN(Cc2ccc(C(C)C)cc2)CC1. The Kier molecular flexibility index (Phi) is 6.81. The topological polar surface area (TPSA) is 35.6 Å². The molecule has 0 aromatic heterocycles. The number of nitrogens with one attached hydrogen (secondary N) is 1. The van der Waals surface area contributed by atoms with E-state index in [0.717, 1.165) is 32.7 Å². The van der Waals surface area contributed by atoms with Crippen LogP contribution in [0.25, 0.3) is 0 Å². The molecule has 1 unspecified atom stereocenters. The van der Waals surface area contributed by atoms with Crippen molar-refractivity contribution in [3.05, 3.63) is 35.4 Å². The molecule has 0 saturated carbocycles. The highest BCUT2D eigenvalue weighted by Crippen LogP contribution is 2.16. The molecule has 1 aromatic carbocycles. The van der Waals surface area contributed by atoms with Crippen LogP contribution in [-0.2, 0) is 11.3 Å². The molecule has 1 fully saturated rings. The second kappa shape index (κ2) is 8.63. The fraction of sp³-hybridized carbons (Fsp3) is 0.650. The van der Waals surface area contributed by atoms with Gasteiger partial charge in [0, 0.05) is 38.8 Å². The van der Waals surface area contributed by atoms with Gasteiger partial charge in [-0.1, -0.05) is 38.1 Å². The number of carbonyl (C=O) groups is 1. The predicted octanol–water partition coefficient (Wildman–Crippen LogP) is 2.84. The van der Waals surface area contributed by atoms with Crippen molar-refractivity contribution in [3.8, 4) is 0 Å². The minimum Gasteiger partial charge on any atom is -0.353 e. The number of piperazine rings is 1. The molecule has 1 aliphatic rings. The second-order valence-corrected chi connectivity index (χ2v) is 7.55. The molecule has 1 N–H and O–H groups in total. The smallest absolute Gasteiger partial charge is 0.237 e. The molecule has 1 atom stereocenters. The van der Waals surface area contributed by atoms with Gasteiger partial charge in [-0.25, -0.2) is 0 Å². The van der Waals surface area contributed by atoms with Gasteiger partial charge in [-0.2, -0.15) is 0 Å². The van der Waals surface area contributed by atoms with E-state index in [0.29, 0.717) is 5.92 Å². The molecule has 0 bridgehead atoms. The zero-order valence-corrected chi connectivity index (χ0v) is 15.9. The van der Waals surface area contributed by atoms with E-state index in [1.165, 1.54) is 11.1 Å². The average molecular weight is 332 g/mol. The quantitative estimate of drug-likeness (QED) is 0.871. The van der Waals surface area contributed by atoms with E-state index in [-0.39, 0.29) is 18.0 Å². The summed E-state index contributed by atoms with van der Waals surface area (Å²) in [5, 5.41) is 3.01. The third kappa shape index (κ3) is 5.32. The standard InChI is InChI=1S/C20H33N3O/c1-15(2)19-8-6-18(7-9-19)14-22-10-12-23(13-11-22)17(5)20(24)21-16(3)4/h6-9,15-17H,10-14H2,1-5H3,(H,21,24). The van der Waals surface area contributed by atoms with Gasteiger partial charge < -0.3 is 5.32 Å². The fourth-order valence-electron chi connectivity index (χ4n) is 3.15. The van der Waals surface area contributed by atoms with Gasteiger partial charge in [-0.15, -0.1) is 0 Å². The molecule has 0 spiro atoms. The normalized spacial score (nSPS) is 18.1. The molecule has 4 nitrogen and oxygen atoms in total. The van der Waals surface area contributed by atoms with E-state index < -0.39 is 0 Å². The Hall–Kier alpha value is -1.39. The molecule has 1 heterocycles. The van der Waals surface area contributed by atoms with Crippen LogP contribution in [0.3, 0.4) is 0 Å². The van der Waals surface area contributed by atoms with Gasteiger partial charge in [0.15, 0.2) is 0 Å². The summed E-state index contributed by atoms with van der Waals surface area (Å²) in [6.07, 6.45) is 0. The fourth-order valence-corrected chi connectivity index (χ4v) is 3.15. The van der Waals surface area contributed by atoms with E-state index in [2.05, 4.69) is 53.2 Å². The van der Waals surface area contributed by atoms with E-state index in [1.807, 2.05) is 20.8 Å². The summed E-state index contributed by atoms with van der Waals surface area (Å²) < 4.78 is 0. The Morgan fingerprint density at radius 3 is 2.08 bits per heavy atom. The van der Waals surface area contributed by atoms with Crippen molar-refractivity contribution in [2.75, 3.05) is 26.2 Å². The summed E-state index contributed by atoms with van der Waals surface area (Å²) >= 11 is 0. The van der Waals surface area contributed by atoms with Crippen LogP contribution in [0.4, 0.5) is 0 Å². The zero-order valence-electron chi connectivity index (χ0n) is 15.9. The van der Waals surface area contributed by atoms with Crippen molar-refractivity contribution in [1.82, 2.24) is 15.1 Å². The average Bonchev–Trinajstić information content (AvgIpc) is 2.54.